The third-order valence-corrected chi connectivity index (χ3v) is 6.11. The van der Waals surface area contributed by atoms with E-state index in [-0.39, 0.29) is 11.8 Å². The Morgan fingerprint density at radius 1 is 1.15 bits per heavy atom. The first kappa shape index (κ1) is 17.7. The molecule has 2 fully saturated rings. The Bertz CT molecular complexity index is 956. The van der Waals surface area contributed by atoms with Crippen molar-refractivity contribution in [3.63, 3.8) is 0 Å². The lowest BCUT2D eigenvalue weighted by molar-refractivity contribution is -0.154. The van der Waals surface area contributed by atoms with Crippen LogP contribution in [-0.2, 0) is 19.1 Å². The zero-order chi connectivity index (χ0) is 19.3. The molecule has 2 saturated heterocycles. The van der Waals surface area contributed by atoms with Crippen LogP contribution < -0.4 is 5.32 Å². The zero-order valence-corrected chi connectivity index (χ0v) is 15.6. The maximum absolute atomic E-state index is 12.9. The van der Waals surface area contributed by atoms with Gasteiger partial charge in [0, 0.05) is 13.1 Å². The summed E-state index contributed by atoms with van der Waals surface area (Å²) in [5.74, 6) is -2.46. The molecule has 2 aromatic carbocycles. The second-order valence-corrected chi connectivity index (χ2v) is 7.28. The first-order valence-electron chi connectivity index (χ1n) is 9.11. The lowest BCUT2D eigenvalue weighted by Gasteiger charge is -2.30. The number of methoxy groups -OCH3 is 1. The van der Waals surface area contributed by atoms with Gasteiger partial charge in [0.05, 0.1) is 18.9 Å². The van der Waals surface area contributed by atoms with E-state index in [2.05, 4.69) is 5.32 Å². The van der Waals surface area contributed by atoms with Crippen LogP contribution in [0.5, 0.6) is 0 Å². The van der Waals surface area contributed by atoms with E-state index in [0.717, 1.165) is 21.2 Å². The molecule has 27 heavy (non-hydrogen) atoms. The highest BCUT2D eigenvalue weighted by Gasteiger charge is 2.67. The summed E-state index contributed by atoms with van der Waals surface area (Å²) in [6, 6.07) is 13.5. The highest BCUT2D eigenvalue weighted by molar-refractivity contribution is 6.09. The third kappa shape index (κ3) is 2.33. The molecule has 6 heteroatoms. The van der Waals surface area contributed by atoms with Crippen LogP contribution in [0.15, 0.2) is 42.5 Å². The minimum absolute atomic E-state index is 0.255. The molecule has 0 bridgehead atoms. The fraction of sp³-hybridized carbons (Fsp3) is 0.381. The molecule has 0 aromatic heterocycles. The Morgan fingerprint density at radius 3 is 2.52 bits per heavy atom. The molecule has 2 heterocycles. The van der Waals surface area contributed by atoms with Crippen molar-refractivity contribution >= 4 is 28.6 Å². The summed E-state index contributed by atoms with van der Waals surface area (Å²) >= 11 is 0. The molecule has 6 nitrogen and oxygen atoms in total. The Balaban J connectivity index is 1.86. The number of ether oxygens (including phenoxy) is 1. The van der Waals surface area contributed by atoms with E-state index < -0.39 is 29.4 Å². The minimum Gasteiger partial charge on any atom is -0.468 e. The van der Waals surface area contributed by atoms with Gasteiger partial charge in [-0.1, -0.05) is 43.3 Å². The van der Waals surface area contributed by atoms with Gasteiger partial charge in [-0.2, -0.15) is 0 Å². The van der Waals surface area contributed by atoms with Crippen molar-refractivity contribution in [1.82, 2.24) is 10.2 Å². The number of amides is 2. The first-order chi connectivity index (χ1) is 12.9. The summed E-state index contributed by atoms with van der Waals surface area (Å²) in [4.78, 5) is 39.6. The first-order valence-corrected chi connectivity index (χ1v) is 9.11. The van der Waals surface area contributed by atoms with Crippen molar-refractivity contribution in [2.45, 2.75) is 24.9 Å². The maximum atomic E-state index is 12.9. The summed E-state index contributed by atoms with van der Waals surface area (Å²) in [6.45, 7) is 1.83. The van der Waals surface area contributed by atoms with E-state index in [1.807, 2.05) is 49.4 Å². The Labute approximate surface area is 157 Å². The molecule has 2 aromatic rings. The number of rotatable bonds is 3. The van der Waals surface area contributed by atoms with Crippen LogP contribution in [0.4, 0.5) is 0 Å². The normalized spacial score (nSPS) is 30.0. The van der Waals surface area contributed by atoms with E-state index >= 15 is 0 Å². The van der Waals surface area contributed by atoms with Gasteiger partial charge in [-0.05, 0) is 28.8 Å². The van der Waals surface area contributed by atoms with Gasteiger partial charge in [-0.25, -0.2) is 0 Å². The standard InChI is InChI=1S/C21H22N2O4/c1-4-21(20(26)27-3)16-15(18(24)23(2)19(16)25)17(22-21)14-10-9-12-7-5-6-8-13(12)11-14/h5-11,15-17,22H,4H2,1-3H3/t15-,16-,17-,21-/m1/s1. The molecule has 1 N–H and O–H groups in total. The van der Waals surface area contributed by atoms with E-state index in [0.29, 0.717) is 6.42 Å². The van der Waals surface area contributed by atoms with Gasteiger partial charge in [0.15, 0.2) is 0 Å². The monoisotopic (exact) mass is 366 g/mol. The number of hydrogen-bond acceptors (Lipinski definition) is 5. The molecule has 0 aliphatic carbocycles. The largest absolute Gasteiger partial charge is 0.468 e. The van der Waals surface area contributed by atoms with Crippen molar-refractivity contribution in [2.75, 3.05) is 14.2 Å². The summed E-state index contributed by atoms with van der Waals surface area (Å²) in [6.07, 6.45) is 0.359. The topological polar surface area (TPSA) is 75.7 Å². The molecule has 0 spiro atoms. The van der Waals surface area contributed by atoms with Gasteiger partial charge in [-0.15, -0.1) is 0 Å². The molecule has 4 atom stereocenters. The second kappa shape index (κ2) is 6.16. The van der Waals surface area contributed by atoms with Crippen LogP contribution in [0.25, 0.3) is 10.8 Å². The highest BCUT2D eigenvalue weighted by atomic mass is 16.5. The van der Waals surface area contributed by atoms with Crippen LogP contribution >= 0.6 is 0 Å². The number of imide groups is 1. The number of esters is 1. The number of hydrogen-bond donors (Lipinski definition) is 1. The summed E-state index contributed by atoms with van der Waals surface area (Å²) < 4.78 is 5.03. The van der Waals surface area contributed by atoms with Crippen LogP contribution in [0, 0.1) is 11.8 Å². The number of carbonyl (C=O) groups excluding carboxylic acids is 3. The molecule has 2 amide bonds. The zero-order valence-electron chi connectivity index (χ0n) is 15.6. The Hall–Kier alpha value is -2.73. The van der Waals surface area contributed by atoms with Crippen molar-refractivity contribution in [1.29, 1.82) is 0 Å². The maximum Gasteiger partial charge on any atom is 0.326 e. The molecule has 0 radical (unpaired) electrons. The number of nitrogens with zero attached hydrogens (tertiary/aromatic N) is 1. The molecule has 2 aliphatic rings. The fourth-order valence-corrected chi connectivity index (χ4v) is 4.67. The number of likely N-dealkylation sites (tertiary alicyclic amines) is 1. The fourth-order valence-electron chi connectivity index (χ4n) is 4.67. The number of benzene rings is 2. The van der Waals surface area contributed by atoms with E-state index in [1.54, 1.807) is 0 Å². The van der Waals surface area contributed by atoms with Crippen LogP contribution in [0.3, 0.4) is 0 Å². The van der Waals surface area contributed by atoms with Gasteiger partial charge in [0.25, 0.3) is 0 Å². The van der Waals surface area contributed by atoms with Crippen molar-refractivity contribution in [2.24, 2.45) is 11.8 Å². The Kier molecular flexibility index (Phi) is 4.03. The van der Waals surface area contributed by atoms with E-state index in [4.69, 9.17) is 4.74 Å². The van der Waals surface area contributed by atoms with E-state index in [9.17, 15) is 14.4 Å². The average Bonchev–Trinajstić information content (AvgIpc) is 3.17. The molecule has 0 saturated carbocycles. The molecule has 0 unspecified atom stereocenters. The van der Waals surface area contributed by atoms with Gasteiger partial charge in [0.2, 0.25) is 11.8 Å². The van der Waals surface area contributed by atoms with Crippen molar-refractivity contribution in [3.05, 3.63) is 48.0 Å². The van der Waals surface area contributed by atoms with Gasteiger partial charge in [0.1, 0.15) is 5.54 Å². The molecular formula is C21H22N2O4. The van der Waals surface area contributed by atoms with Gasteiger partial charge in [-0.3, -0.25) is 24.6 Å². The quantitative estimate of drug-likeness (QED) is 0.665. The average molecular weight is 366 g/mol. The smallest absolute Gasteiger partial charge is 0.326 e. The highest BCUT2D eigenvalue weighted by Crippen LogP contribution is 2.50. The van der Waals surface area contributed by atoms with Gasteiger partial charge < -0.3 is 4.74 Å². The van der Waals surface area contributed by atoms with Crippen LogP contribution in [0.1, 0.15) is 24.9 Å². The molecule has 2 aliphatic heterocycles. The predicted octanol–water partition coefficient (Wildman–Crippen LogP) is 2.04. The van der Waals surface area contributed by atoms with Gasteiger partial charge >= 0.3 is 5.97 Å². The summed E-state index contributed by atoms with van der Waals surface area (Å²) in [7, 11) is 2.79. The predicted molar refractivity (Wildman–Crippen MR) is 99.6 cm³/mol. The second-order valence-electron chi connectivity index (χ2n) is 7.28. The molecular weight excluding hydrogens is 344 g/mol. The van der Waals surface area contributed by atoms with E-state index in [1.165, 1.54) is 14.2 Å². The van der Waals surface area contributed by atoms with Crippen LogP contribution in [0.2, 0.25) is 0 Å². The van der Waals surface area contributed by atoms with Crippen molar-refractivity contribution < 1.29 is 19.1 Å². The van der Waals surface area contributed by atoms with Crippen LogP contribution in [-0.4, -0.2) is 42.4 Å². The summed E-state index contributed by atoms with van der Waals surface area (Å²) in [5, 5.41) is 5.47. The Morgan fingerprint density at radius 2 is 1.85 bits per heavy atom. The van der Waals surface area contributed by atoms with Crippen molar-refractivity contribution in [3.8, 4) is 0 Å². The number of nitrogens with one attached hydrogen (secondary N) is 1. The lowest BCUT2D eigenvalue weighted by Crippen LogP contribution is -2.55. The summed E-state index contributed by atoms with van der Waals surface area (Å²) in [5.41, 5.74) is -0.313. The number of fused-ring (bicyclic) bond motifs is 2. The lowest BCUT2D eigenvalue weighted by atomic mass is 9.78. The number of carbonyl (C=O) groups is 3. The molecule has 4 rings (SSSR count). The SMILES string of the molecule is CC[C@@]1(C(=O)OC)N[C@H](c2ccc3ccccc3c2)[C@@H]2C(=O)N(C)C(=O)[C@@H]21. The third-order valence-electron chi connectivity index (χ3n) is 6.11. The molecule has 140 valence electrons. The minimum atomic E-state index is -1.20.